The Balaban J connectivity index is 1.70. The van der Waals surface area contributed by atoms with Gasteiger partial charge in [0.05, 0.1) is 6.42 Å². The molecule has 0 spiro atoms. The first-order chi connectivity index (χ1) is 13.4. The van der Waals surface area contributed by atoms with Crippen molar-refractivity contribution in [2.24, 2.45) is 0 Å². The van der Waals surface area contributed by atoms with Crippen LogP contribution in [0.15, 0.2) is 66.2 Å². The standard InChI is InChI=1S/C23H29N3O2/c1-18(2)16-23(28)25-20-12-10-19(11-13-20)17-22(27)24-14-7-15-26(3)21-8-5-4-6-9-21/h4-6,8-13,16H,7,14-15,17H2,1-3H3,(H,24,27)(H,25,28). The summed E-state index contributed by atoms with van der Waals surface area (Å²) < 4.78 is 0. The minimum Gasteiger partial charge on any atom is -0.375 e. The van der Waals surface area contributed by atoms with Gasteiger partial charge in [0, 0.05) is 37.6 Å². The lowest BCUT2D eigenvalue weighted by molar-refractivity contribution is -0.120. The molecule has 0 bridgehead atoms. The van der Waals surface area contributed by atoms with Crippen LogP contribution in [-0.4, -0.2) is 32.0 Å². The van der Waals surface area contributed by atoms with Gasteiger partial charge in [-0.15, -0.1) is 0 Å². The predicted octanol–water partition coefficient (Wildman–Crippen LogP) is 3.78. The molecule has 148 valence electrons. The topological polar surface area (TPSA) is 61.4 Å². The van der Waals surface area contributed by atoms with Crippen molar-refractivity contribution in [3.63, 3.8) is 0 Å². The maximum Gasteiger partial charge on any atom is 0.248 e. The average molecular weight is 380 g/mol. The maximum absolute atomic E-state index is 12.1. The van der Waals surface area contributed by atoms with E-state index < -0.39 is 0 Å². The molecule has 2 amide bonds. The van der Waals surface area contributed by atoms with E-state index in [1.54, 1.807) is 6.08 Å². The number of carbonyl (C=O) groups is 2. The van der Waals surface area contributed by atoms with Crippen molar-refractivity contribution >= 4 is 23.2 Å². The minimum atomic E-state index is -0.147. The number of carbonyl (C=O) groups excluding carboxylic acids is 2. The van der Waals surface area contributed by atoms with Crippen LogP contribution in [0.25, 0.3) is 0 Å². The van der Waals surface area contributed by atoms with Crippen LogP contribution in [-0.2, 0) is 16.0 Å². The van der Waals surface area contributed by atoms with Crippen molar-refractivity contribution in [3.05, 3.63) is 71.8 Å². The molecule has 0 fully saturated rings. The van der Waals surface area contributed by atoms with Gasteiger partial charge < -0.3 is 15.5 Å². The number of nitrogens with one attached hydrogen (secondary N) is 2. The highest BCUT2D eigenvalue weighted by atomic mass is 16.2. The summed E-state index contributed by atoms with van der Waals surface area (Å²) >= 11 is 0. The number of anilines is 2. The quantitative estimate of drug-likeness (QED) is 0.515. The Morgan fingerprint density at radius 1 is 1.00 bits per heavy atom. The molecule has 0 aliphatic carbocycles. The summed E-state index contributed by atoms with van der Waals surface area (Å²) in [5, 5.41) is 5.76. The Labute approximate surface area is 167 Å². The van der Waals surface area contributed by atoms with Crippen LogP contribution in [0.5, 0.6) is 0 Å². The third-order valence-corrected chi connectivity index (χ3v) is 4.20. The van der Waals surface area contributed by atoms with Gasteiger partial charge in [-0.1, -0.05) is 35.9 Å². The zero-order valence-corrected chi connectivity index (χ0v) is 16.9. The molecule has 0 saturated carbocycles. The van der Waals surface area contributed by atoms with Gasteiger partial charge in [-0.25, -0.2) is 0 Å². The number of nitrogens with zero attached hydrogens (tertiary/aromatic N) is 1. The Kier molecular flexibility index (Phi) is 8.28. The van der Waals surface area contributed by atoms with Gasteiger partial charge in [0.25, 0.3) is 0 Å². The van der Waals surface area contributed by atoms with E-state index in [-0.39, 0.29) is 11.8 Å². The molecule has 2 rings (SSSR count). The van der Waals surface area contributed by atoms with E-state index in [0.717, 1.165) is 29.8 Å². The van der Waals surface area contributed by atoms with Crippen molar-refractivity contribution in [2.45, 2.75) is 26.7 Å². The second-order valence-electron chi connectivity index (χ2n) is 7.05. The van der Waals surface area contributed by atoms with Gasteiger partial charge in [-0.2, -0.15) is 0 Å². The molecule has 0 saturated heterocycles. The van der Waals surface area contributed by atoms with Crippen molar-refractivity contribution < 1.29 is 9.59 Å². The number of hydrogen-bond donors (Lipinski definition) is 2. The molecule has 0 aromatic heterocycles. The van der Waals surface area contributed by atoms with Crippen molar-refractivity contribution in [3.8, 4) is 0 Å². The summed E-state index contributed by atoms with van der Waals surface area (Å²) in [5.74, 6) is -0.144. The number of para-hydroxylation sites is 1. The lowest BCUT2D eigenvalue weighted by Crippen LogP contribution is -2.29. The Hall–Kier alpha value is -3.08. The van der Waals surface area contributed by atoms with E-state index in [0.29, 0.717) is 13.0 Å². The molecule has 28 heavy (non-hydrogen) atoms. The molecule has 2 N–H and O–H groups in total. The molecule has 5 nitrogen and oxygen atoms in total. The summed E-state index contributed by atoms with van der Waals surface area (Å²) in [4.78, 5) is 26.0. The van der Waals surface area contributed by atoms with E-state index in [1.165, 1.54) is 5.69 Å². The monoisotopic (exact) mass is 379 g/mol. The van der Waals surface area contributed by atoms with E-state index in [1.807, 2.05) is 56.3 Å². The fraction of sp³-hybridized carbons (Fsp3) is 0.304. The van der Waals surface area contributed by atoms with E-state index in [2.05, 4.69) is 34.7 Å². The van der Waals surface area contributed by atoms with Crippen LogP contribution in [0.2, 0.25) is 0 Å². The summed E-state index contributed by atoms with van der Waals surface area (Å²) in [7, 11) is 2.05. The van der Waals surface area contributed by atoms with E-state index in [4.69, 9.17) is 0 Å². The summed E-state index contributed by atoms with van der Waals surface area (Å²) in [6, 6.07) is 17.5. The Bertz CT molecular complexity index is 794. The van der Waals surface area contributed by atoms with Crippen LogP contribution >= 0.6 is 0 Å². The van der Waals surface area contributed by atoms with Crippen molar-refractivity contribution in [1.82, 2.24) is 5.32 Å². The van der Waals surface area contributed by atoms with Gasteiger partial charge in [0.15, 0.2) is 0 Å². The zero-order valence-electron chi connectivity index (χ0n) is 16.9. The predicted molar refractivity (Wildman–Crippen MR) is 116 cm³/mol. The van der Waals surface area contributed by atoms with Gasteiger partial charge in [-0.3, -0.25) is 9.59 Å². The van der Waals surface area contributed by atoms with Crippen LogP contribution in [0.1, 0.15) is 25.8 Å². The molecule has 5 heteroatoms. The SMILES string of the molecule is CC(C)=CC(=O)Nc1ccc(CC(=O)NCCCN(C)c2ccccc2)cc1. The Morgan fingerprint density at radius 3 is 2.32 bits per heavy atom. The number of rotatable bonds is 9. The van der Waals surface area contributed by atoms with Crippen LogP contribution in [0.3, 0.4) is 0 Å². The third kappa shape index (κ3) is 7.66. The second kappa shape index (κ2) is 10.9. The largest absolute Gasteiger partial charge is 0.375 e. The number of benzene rings is 2. The highest BCUT2D eigenvalue weighted by Gasteiger charge is 2.05. The van der Waals surface area contributed by atoms with E-state index >= 15 is 0 Å². The van der Waals surface area contributed by atoms with Crippen LogP contribution < -0.4 is 15.5 Å². The lowest BCUT2D eigenvalue weighted by Gasteiger charge is -2.19. The van der Waals surface area contributed by atoms with Crippen molar-refractivity contribution in [2.75, 3.05) is 30.4 Å². The van der Waals surface area contributed by atoms with Crippen molar-refractivity contribution in [1.29, 1.82) is 0 Å². The van der Waals surface area contributed by atoms with Gasteiger partial charge in [0.1, 0.15) is 0 Å². The molecule has 0 radical (unpaired) electrons. The first kappa shape index (κ1) is 21.2. The smallest absolute Gasteiger partial charge is 0.248 e. The number of hydrogen-bond acceptors (Lipinski definition) is 3. The van der Waals surface area contributed by atoms with Gasteiger partial charge in [-0.05, 0) is 50.1 Å². The van der Waals surface area contributed by atoms with Gasteiger partial charge in [0.2, 0.25) is 11.8 Å². The van der Waals surface area contributed by atoms with Crippen LogP contribution in [0.4, 0.5) is 11.4 Å². The molecular formula is C23H29N3O2. The maximum atomic E-state index is 12.1. The normalized spacial score (nSPS) is 10.1. The molecule has 2 aromatic carbocycles. The van der Waals surface area contributed by atoms with E-state index in [9.17, 15) is 9.59 Å². The summed E-state index contributed by atoms with van der Waals surface area (Å²) in [6.07, 6.45) is 2.76. The molecule has 0 aliphatic heterocycles. The zero-order chi connectivity index (χ0) is 20.4. The number of allylic oxidation sites excluding steroid dienone is 1. The highest BCUT2D eigenvalue weighted by Crippen LogP contribution is 2.12. The second-order valence-corrected chi connectivity index (χ2v) is 7.05. The molecule has 0 atom stereocenters. The molecule has 0 aliphatic rings. The fourth-order valence-electron chi connectivity index (χ4n) is 2.75. The molecule has 0 unspecified atom stereocenters. The summed E-state index contributed by atoms with van der Waals surface area (Å²) in [6.45, 7) is 5.28. The lowest BCUT2D eigenvalue weighted by atomic mass is 10.1. The average Bonchev–Trinajstić information content (AvgIpc) is 2.66. The first-order valence-electron chi connectivity index (χ1n) is 9.52. The molecular weight excluding hydrogens is 350 g/mol. The fourth-order valence-corrected chi connectivity index (χ4v) is 2.75. The van der Waals surface area contributed by atoms with Gasteiger partial charge >= 0.3 is 0 Å². The minimum absolute atomic E-state index is 0.00342. The molecule has 2 aromatic rings. The summed E-state index contributed by atoms with van der Waals surface area (Å²) in [5.41, 5.74) is 3.75. The van der Waals surface area contributed by atoms with Crippen LogP contribution in [0, 0.1) is 0 Å². The third-order valence-electron chi connectivity index (χ3n) is 4.20. The number of amides is 2. The Morgan fingerprint density at radius 2 is 1.68 bits per heavy atom. The first-order valence-corrected chi connectivity index (χ1v) is 9.52. The molecule has 0 heterocycles. The highest BCUT2D eigenvalue weighted by molar-refractivity contribution is 5.99.